The number of nitrogens with two attached hydrogens (primary N) is 1. The Morgan fingerprint density at radius 3 is 2.11 bits per heavy atom. The van der Waals surface area contributed by atoms with Crippen molar-refractivity contribution in [1.29, 1.82) is 0 Å². The highest BCUT2D eigenvalue weighted by Crippen LogP contribution is 2.46. The summed E-state index contributed by atoms with van der Waals surface area (Å²) >= 11 is 0. The Hall–Kier alpha value is -3.83. The maximum Gasteiger partial charge on any atom is 0.416 e. The summed E-state index contributed by atoms with van der Waals surface area (Å²) in [5, 5.41) is 0. The molecule has 0 radical (unpaired) electrons. The molecular weight excluding hydrogens is 604 g/mol. The first-order chi connectivity index (χ1) is 21.4. The topological polar surface area (TPSA) is 142 Å². The Balaban J connectivity index is 1.80. The van der Waals surface area contributed by atoms with E-state index in [9.17, 15) is 18.0 Å². The Morgan fingerprint density at radius 1 is 0.935 bits per heavy atom. The van der Waals surface area contributed by atoms with Crippen LogP contribution >= 0.6 is 0 Å². The summed E-state index contributed by atoms with van der Waals surface area (Å²) in [6.07, 6.45) is 6.27. The van der Waals surface area contributed by atoms with Gasteiger partial charge in [-0.3, -0.25) is 14.7 Å². The highest BCUT2D eigenvalue weighted by atomic mass is 32.2. The maximum atomic E-state index is 14.3. The van der Waals surface area contributed by atoms with Crippen LogP contribution in [0.1, 0.15) is 91.0 Å². The molecule has 46 heavy (non-hydrogen) atoms. The Bertz CT molecular complexity index is 1640. The smallest absolute Gasteiger partial charge is 0.416 e. The minimum atomic E-state index is -4.30. The van der Waals surface area contributed by atoms with E-state index in [-0.39, 0.29) is 28.2 Å². The van der Waals surface area contributed by atoms with Crippen molar-refractivity contribution in [2.75, 3.05) is 11.4 Å². The van der Waals surface area contributed by atoms with E-state index in [1.165, 1.54) is 48.6 Å². The van der Waals surface area contributed by atoms with Crippen LogP contribution in [0.5, 0.6) is 0 Å². The summed E-state index contributed by atoms with van der Waals surface area (Å²) in [5.74, 6) is -0.706. The molecular formula is C35H46N4O6S. The van der Waals surface area contributed by atoms with Crippen LogP contribution in [0.25, 0.3) is 0 Å². The zero-order valence-electron chi connectivity index (χ0n) is 27.9. The minimum Gasteiger partial charge on any atom is -0.459 e. The van der Waals surface area contributed by atoms with Gasteiger partial charge in [-0.2, -0.15) is 0 Å². The standard InChI is InChI=1S/C35H46N4O6S/c1-8-34(19-11-20-34)26-17-15-25(16-18-26)22-35(36,46(42,43)27-12-10-21-37-23-27)28-13-9-14-29(38-28)39(31(41)45-33(5,6)7)24-30(40)44-32(2,3)4/h9-10,12-18,21,23H,8,11,19-20,22,24,36H2,1-7H3. The number of carbonyl (C=O) groups excluding carboxylic acids is 2. The second kappa shape index (κ2) is 13.1. The van der Waals surface area contributed by atoms with E-state index in [0.29, 0.717) is 5.56 Å². The van der Waals surface area contributed by atoms with Crippen LogP contribution in [0, 0.1) is 0 Å². The van der Waals surface area contributed by atoms with Gasteiger partial charge in [-0.05, 0) is 102 Å². The van der Waals surface area contributed by atoms with Gasteiger partial charge in [0.2, 0.25) is 9.84 Å². The van der Waals surface area contributed by atoms with Gasteiger partial charge in [-0.1, -0.05) is 43.7 Å². The van der Waals surface area contributed by atoms with Crippen molar-refractivity contribution in [3.8, 4) is 0 Å². The lowest BCUT2D eigenvalue weighted by Gasteiger charge is -2.42. The van der Waals surface area contributed by atoms with Gasteiger partial charge in [0.15, 0.2) is 4.87 Å². The molecule has 10 nitrogen and oxygen atoms in total. The van der Waals surface area contributed by atoms with E-state index in [1.807, 2.05) is 12.1 Å². The van der Waals surface area contributed by atoms with Crippen molar-refractivity contribution in [3.05, 3.63) is 83.8 Å². The van der Waals surface area contributed by atoms with E-state index in [4.69, 9.17) is 15.2 Å². The fourth-order valence-electron chi connectivity index (χ4n) is 5.64. The third kappa shape index (κ3) is 7.75. The van der Waals surface area contributed by atoms with Crippen molar-refractivity contribution in [2.45, 2.75) is 107 Å². The van der Waals surface area contributed by atoms with Gasteiger partial charge < -0.3 is 15.2 Å². The molecule has 1 amide bonds. The summed E-state index contributed by atoms with van der Waals surface area (Å²) in [6.45, 7) is 11.9. The molecule has 1 unspecified atom stereocenters. The van der Waals surface area contributed by atoms with Crippen LogP contribution in [-0.4, -0.2) is 48.2 Å². The van der Waals surface area contributed by atoms with Gasteiger partial charge in [0.1, 0.15) is 23.6 Å². The molecule has 2 heterocycles. The second-order valence-electron chi connectivity index (χ2n) is 14.0. The zero-order valence-corrected chi connectivity index (χ0v) is 28.7. The molecule has 1 fully saturated rings. The first-order valence-corrected chi connectivity index (χ1v) is 17.1. The first kappa shape index (κ1) is 35.0. The molecule has 2 N–H and O–H groups in total. The van der Waals surface area contributed by atoms with Crippen LogP contribution in [0.15, 0.2) is 71.9 Å². The van der Waals surface area contributed by atoms with Crippen molar-refractivity contribution in [1.82, 2.24) is 9.97 Å². The molecule has 1 atom stereocenters. The van der Waals surface area contributed by atoms with E-state index in [0.717, 1.165) is 24.2 Å². The molecule has 248 valence electrons. The fraction of sp³-hybridized carbons (Fsp3) is 0.486. The van der Waals surface area contributed by atoms with Gasteiger partial charge in [0.05, 0.1) is 10.6 Å². The highest BCUT2D eigenvalue weighted by Gasteiger charge is 2.45. The normalized spacial score (nSPS) is 16.1. The predicted molar refractivity (Wildman–Crippen MR) is 177 cm³/mol. The van der Waals surface area contributed by atoms with Crippen LogP contribution in [0.2, 0.25) is 0 Å². The Labute approximate surface area is 272 Å². The van der Waals surface area contributed by atoms with E-state index >= 15 is 0 Å². The number of rotatable bonds is 10. The molecule has 0 spiro atoms. The van der Waals surface area contributed by atoms with E-state index in [1.54, 1.807) is 47.6 Å². The third-order valence-electron chi connectivity index (χ3n) is 8.21. The number of hydrogen-bond donors (Lipinski definition) is 1. The number of amides is 1. The molecule has 1 aromatic carbocycles. The quantitative estimate of drug-likeness (QED) is 0.253. The lowest BCUT2D eigenvalue weighted by molar-refractivity contribution is -0.153. The molecule has 0 bridgehead atoms. The first-order valence-electron chi connectivity index (χ1n) is 15.6. The lowest BCUT2D eigenvalue weighted by atomic mass is 9.63. The number of hydrogen-bond acceptors (Lipinski definition) is 9. The molecule has 0 aliphatic heterocycles. The second-order valence-corrected chi connectivity index (χ2v) is 16.2. The summed E-state index contributed by atoms with van der Waals surface area (Å²) in [5.41, 5.74) is 7.37. The molecule has 1 aliphatic rings. The van der Waals surface area contributed by atoms with Crippen LogP contribution in [-0.2, 0) is 40.8 Å². The molecule has 1 aliphatic carbocycles. The minimum absolute atomic E-state index is 0.0142. The number of aromatic nitrogens is 2. The van der Waals surface area contributed by atoms with Crippen LogP contribution in [0.3, 0.4) is 0 Å². The van der Waals surface area contributed by atoms with Crippen LogP contribution in [0.4, 0.5) is 10.6 Å². The predicted octanol–water partition coefficient (Wildman–Crippen LogP) is 6.22. The van der Waals surface area contributed by atoms with E-state index in [2.05, 4.69) is 29.0 Å². The summed E-state index contributed by atoms with van der Waals surface area (Å²) < 4.78 is 39.7. The van der Waals surface area contributed by atoms with Crippen molar-refractivity contribution in [3.63, 3.8) is 0 Å². The number of nitrogens with zero attached hydrogens (tertiary/aromatic N) is 3. The fourth-order valence-corrected chi connectivity index (χ4v) is 7.26. The maximum absolute atomic E-state index is 14.3. The summed E-state index contributed by atoms with van der Waals surface area (Å²) in [6, 6.07) is 15.5. The molecule has 3 aromatic rings. The summed E-state index contributed by atoms with van der Waals surface area (Å²) in [7, 11) is -4.30. The van der Waals surface area contributed by atoms with Crippen molar-refractivity contribution in [2.24, 2.45) is 5.73 Å². The molecule has 0 saturated heterocycles. The average molecular weight is 651 g/mol. The van der Waals surface area contributed by atoms with Crippen LogP contribution < -0.4 is 10.6 Å². The van der Waals surface area contributed by atoms with Gasteiger partial charge in [-0.15, -0.1) is 0 Å². The number of esters is 1. The third-order valence-corrected chi connectivity index (χ3v) is 10.4. The monoisotopic (exact) mass is 650 g/mol. The Morgan fingerprint density at radius 2 is 1.59 bits per heavy atom. The van der Waals surface area contributed by atoms with Crippen molar-refractivity contribution >= 4 is 27.7 Å². The number of pyridine rings is 2. The average Bonchev–Trinajstić information content (AvgIpc) is 2.95. The highest BCUT2D eigenvalue weighted by molar-refractivity contribution is 7.92. The van der Waals surface area contributed by atoms with E-state index < -0.39 is 44.5 Å². The summed E-state index contributed by atoms with van der Waals surface area (Å²) in [4.78, 5) is 33.8. The molecule has 4 rings (SSSR count). The SMILES string of the molecule is CCC1(c2ccc(CC(N)(c3cccc(N(CC(=O)OC(C)(C)C)C(=O)OC(C)(C)C)n3)S(=O)(=O)c3cccnc3)cc2)CCC1. The number of carbonyl (C=O) groups is 2. The molecule has 11 heteroatoms. The molecule has 2 aromatic heterocycles. The number of ether oxygens (including phenoxy) is 2. The number of sulfone groups is 1. The van der Waals surface area contributed by atoms with Gasteiger partial charge in [-0.25, -0.2) is 18.2 Å². The lowest BCUT2D eigenvalue weighted by Crippen LogP contribution is -2.48. The van der Waals surface area contributed by atoms with Gasteiger partial charge in [0.25, 0.3) is 0 Å². The largest absolute Gasteiger partial charge is 0.459 e. The number of anilines is 1. The van der Waals surface area contributed by atoms with Gasteiger partial charge >= 0.3 is 12.1 Å². The Kier molecular flexibility index (Phi) is 9.99. The zero-order chi connectivity index (χ0) is 34.0. The number of benzene rings is 1. The van der Waals surface area contributed by atoms with Crippen molar-refractivity contribution < 1.29 is 27.5 Å². The van der Waals surface area contributed by atoms with Gasteiger partial charge in [0, 0.05) is 18.8 Å². The molecule has 1 saturated carbocycles.